The standard InChI is InChI=1S/C27H23NO7.C2HF3O2/c28-20(11-16-5-2-1-3-6-16)27(31)35-18-13-21(29)25-24(14-18)34-15-19(26(25)30)17-7-8-22-23(12-17)33-10-4-9-32-22;3-2(4,5)1(6)7/h1-3,5-8,12-15,20,29H,4,9-11,28H2;(H,6,7). The molecule has 1 aromatic heterocycles. The van der Waals surface area contributed by atoms with Crippen molar-refractivity contribution in [1.29, 1.82) is 0 Å². The highest BCUT2D eigenvalue weighted by Gasteiger charge is 2.38. The van der Waals surface area contributed by atoms with E-state index in [4.69, 9.17) is 34.3 Å². The summed E-state index contributed by atoms with van der Waals surface area (Å²) in [6.45, 7) is 1.07. The van der Waals surface area contributed by atoms with Crippen molar-refractivity contribution in [2.45, 2.75) is 25.1 Å². The molecule has 220 valence electrons. The van der Waals surface area contributed by atoms with Crippen molar-refractivity contribution in [3.05, 3.63) is 82.7 Å². The maximum absolute atomic E-state index is 13.2. The number of hydrogen-bond donors (Lipinski definition) is 3. The summed E-state index contributed by atoms with van der Waals surface area (Å²) in [5.41, 5.74) is 7.33. The van der Waals surface area contributed by atoms with Crippen LogP contribution in [0.3, 0.4) is 0 Å². The highest BCUT2D eigenvalue weighted by Crippen LogP contribution is 2.35. The molecule has 0 amide bonds. The second kappa shape index (κ2) is 12.6. The lowest BCUT2D eigenvalue weighted by Gasteiger charge is -2.12. The van der Waals surface area contributed by atoms with Crippen molar-refractivity contribution in [1.82, 2.24) is 0 Å². The second-order valence-corrected chi connectivity index (χ2v) is 9.03. The number of fused-ring (bicyclic) bond motifs is 2. The molecule has 2 heterocycles. The number of rotatable bonds is 5. The van der Waals surface area contributed by atoms with Gasteiger partial charge in [0.2, 0.25) is 5.43 Å². The number of aromatic hydroxyl groups is 1. The van der Waals surface area contributed by atoms with Crippen LogP contribution in [0.1, 0.15) is 12.0 Å². The summed E-state index contributed by atoms with van der Waals surface area (Å²) in [7, 11) is 0. The first-order chi connectivity index (χ1) is 19.9. The summed E-state index contributed by atoms with van der Waals surface area (Å²) >= 11 is 0. The highest BCUT2D eigenvalue weighted by molar-refractivity contribution is 5.89. The molecule has 13 heteroatoms. The van der Waals surface area contributed by atoms with Crippen LogP contribution in [0.15, 0.2) is 76.1 Å². The van der Waals surface area contributed by atoms with Crippen molar-refractivity contribution in [3.8, 4) is 34.1 Å². The van der Waals surface area contributed by atoms with Crippen molar-refractivity contribution >= 4 is 22.9 Å². The molecular formula is C29H24F3NO9. The smallest absolute Gasteiger partial charge is 0.490 e. The number of carboxylic acids is 1. The van der Waals surface area contributed by atoms with Crippen LogP contribution in [0, 0.1) is 0 Å². The summed E-state index contributed by atoms with van der Waals surface area (Å²) in [5, 5.41) is 17.7. The Labute approximate surface area is 235 Å². The molecule has 1 unspecified atom stereocenters. The molecule has 0 aliphatic carbocycles. The lowest BCUT2D eigenvalue weighted by molar-refractivity contribution is -0.192. The number of hydrogen-bond acceptors (Lipinski definition) is 9. The van der Waals surface area contributed by atoms with Crippen LogP contribution in [0.4, 0.5) is 13.2 Å². The zero-order valence-electron chi connectivity index (χ0n) is 21.7. The molecule has 0 saturated heterocycles. The number of halogens is 3. The fourth-order valence-electron chi connectivity index (χ4n) is 3.94. The van der Waals surface area contributed by atoms with Gasteiger partial charge in [-0.1, -0.05) is 36.4 Å². The summed E-state index contributed by atoms with van der Waals surface area (Å²) in [4.78, 5) is 34.6. The molecule has 4 N–H and O–H groups in total. The van der Waals surface area contributed by atoms with Crippen LogP contribution >= 0.6 is 0 Å². The largest absolute Gasteiger partial charge is 0.507 e. The predicted molar refractivity (Wildman–Crippen MR) is 143 cm³/mol. The molecule has 0 spiro atoms. The number of nitrogens with two attached hydrogens (primary N) is 1. The third kappa shape index (κ3) is 7.18. The van der Waals surface area contributed by atoms with E-state index in [1.54, 1.807) is 18.2 Å². The minimum Gasteiger partial charge on any atom is -0.507 e. The van der Waals surface area contributed by atoms with E-state index in [1.165, 1.54) is 18.4 Å². The average molecular weight is 588 g/mol. The SMILES string of the molecule is NC(Cc1ccccc1)C(=O)Oc1cc(O)c2c(=O)c(-c3ccc4c(c3)OCCCO4)coc2c1.O=C(O)C(F)(F)F. The topological polar surface area (TPSA) is 159 Å². The van der Waals surface area contributed by atoms with E-state index in [1.807, 2.05) is 30.3 Å². The fraction of sp³-hybridized carbons (Fsp3) is 0.207. The number of alkyl halides is 3. The first-order valence-corrected chi connectivity index (χ1v) is 12.4. The Morgan fingerprint density at radius 1 is 1.00 bits per heavy atom. The summed E-state index contributed by atoms with van der Waals surface area (Å²) in [6, 6.07) is 16.2. The minimum atomic E-state index is -5.08. The molecule has 0 bridgehead atoms. The van der Waals surface area contributed by atoms with Crippen LogP contribution in [0.5, 0.6) is 23.0 Å². The van der Waals surface area contributed by atoms with Gasteiger partial charge in [-0.15, -0.1) is 0 Å². The van der Waals surface area contributed by atoms with Gasteiger partial charge in [0, 0.05) is 18.6 Å². The van der Waals surface area contributed by atoms with Crippen molar-refractivity contribution in [2.75, 3.05) is 13.2 Å². The zero-order chi connectivity index (χ0) is 30.4. The fourth-order valence-corrected chi connectivity index (χ4v) is 3.94. The maximum atomic E-state index is 13.2. The van der Waals surface area contributed by atoms with E-state index < -0.39 is 29.6 Å². The molecular weight excluding hydrogens is 563 g/mol. The minimum absolute atomic E-state index is 0.0231. The Morgan fingerprint density at radius 2 is 1.67 bits per heavy atom. The maximum Gasteiger partial charge on any atom is 0.490 e. The van der Waals surface area contributed by atoms with Crippen LogP contribution in [0.25, 0.3) is 22.1 Å². The molecule has 0 saturated carbocycles. The molecule has 42 heavy (non-hydrogen) atoms. The van der Waals surface area contributed by atoms with Crippen molar-refractivity contribution < 1.29 is 51.6 Å². The van der Waals surface area contributed by atoms with E-state index in [0.717, 1.165) is 12.0 Å². The van der Waals surface area contributed by atoms with E-state index in [0.29, 0.717) is 36.7 Å². The van der Waals surface area contributed by atoms with Gasteiger partial charge in [-0.05, 0) is 29.7 Å². The van der Waals surface area contributed by atoms with Gasteiger partial charge in [0.25, 0.3) is 0 Å². The molecule has 1 aliphatic rings. The van der Waals surface area contributed by atoms with Crippen molar-refractivity contribution in [2.24, 2.45) is 5.73 Å². The van der Waals surface area contributed by atoms with Gasteiger partial charge in [0.05, 0.1) is 18.8 Å². The van der Waals surface area contributed by atoms with Gasteiger partial charge in [-0.25, -0.2) is 9.59 Å². The van der Waals surface area contributed by atoms with Gasteiger partial charge in [-0.2, -0.15) is 13.2 Å². The first kappa shape index (κ1) is 29.9. The van der Waals surface area contributed by atoms with Crippen LogP contribution in [-0.2, 0) is 16.0 Å². The molecule has 3 aromatic carbocycles. The molecule has 5 rings (SSSR count). The Hall–Kier alpha value is -5.04. The third-order valence-electron chi connectivity index (χ3n) is 5.95. The van der Waals surface area contributed by atoms with Gasteiger partial charge >= 0.3 is 18.1 Å². The lowest BCUT2D eigenvalue weighted by Crippen LogP contribution is -2.36. The Bertz CT molecular complexity index is 1650. The second-order valence-electron chi connectivity index (χ2n) is 9.03. The molecule has 10 nitrogen and oxygen atoms in total. The Balaban J connectivity index is 0.000000517. The van der Waals surface area contributed by atoms with E-state index in [9.17, 15) is 27.9 Å². The summed E-state index contributed by atoms with van der Waals surface area (Å²) < 4.78 is 54.1. The van der Waals surface area contributed by atoms with Gasteiger partial charge < -0.3 is 34.6 Å². The third-order valence-corrected chi connectivity index (χ3v) is 5.95. The Morgan fingerprint density at radius 3 is 2.33 bits per heavy atom. The van der Waals surface area contributed by atoms with Gasteiger partial charge in [-0.3, -0.25) is 4.79 Å². The van der Waals surface area contributed by atoms with Crippen molar-refractivity contribution in [3.63, 3.8) is 0 Å². The quantitative estimate of drug-likeness (QED) is 0.225. The molecule has 1 atom stereocenters. The molecule has 0 radical (unpaired) electrons. The van der Waals surface area contributed by atoms with E-state index in [-0.39, 0.29) is 28.0 Å². The molecule has 4 aromatic rings. The van der Waals surface area contributed by atoms with Crippen LogP contribution in [-0.4, -0.2) is 47.6 Å². The molecule has 1 aliphatic heterocycles. The summed E-state index contributed by atoms with van der Waals surface area (Å²) in [5.74, 6) is -2.62. The highest BCUT2D eigenvalue weighted by atomic mass is 19.4. The number of carbonyl (C=O) groups excluding carboxylic acids is 1. The number of phenols is 1. The normalized spacial score (nSPS) is 13.3. The van der Waals surface area contributed by atoms with E-state index in [2.05, 4.69) is 0 Å². The number of carboxylic acid groups (broad SMARTS) is 1. The Kier molecular flexibility index (Phi) is 9.01. The van der Waals surface area contributed by atoms with Crippen LogP contribution in [0.2, 0.25) is 0 Å². The zero-order valence-corrected chi connectivity index (χ0v) is 21.7. The van der Waals surface area contributed by atoms with E-state index >= 15 is 0 Å². The lowest BCUT2D eigenvalue weighted by atomic mass is 10.0. The number of phenolic OH excluding ortho intramolecular Hbond substituents is 1. The predicted octanol–water partition coefficient (Wildman–Crippen LogP) is 4.44. The number of aliphatic carboxylic acids is 1. The van der Waals surface area contributed by atoms with Crippen LogP contribution < -0.4 is 25.4 Å². The number of benzene rings is 3. The number of esters is 1. The first-order valence-electron chi connectivity index (χ1n) is 12.4. The van der Waals surface area contributed by atoms with Gasteiger partial charge in [0.1, 0.15) is 34.8 Å². The summed E-state index contributed by atoms with van der Waals surface area (Å²) in [6.07, 6.45) is -2.72. The van der Waals surface area contributed by atoms with Gasteiger partial charge in [0.15, 0.2) is 11.5 Å². The number of carbonyl (C=O) groups is 2. The average Bonchev–Trinajstić information content (AvgIpc) is 3.18. The monoisotopic (exact) mass is 587 g/mol. The molecule has 0 fully saturated rings. The number of ether oxygens (including phenoxy) is 3.